The van der Waals surface area contributed by atoms with Gasteiger partial charge in [0.2, 0.25) is 15.9 Å². The lowest BCUT2D eigenvalue weighted by atomic mass is 10.2. The van der Waals surface area contributed by atoms with Gasteiger partial charge in [-0.2, -0.15) is 4.72 Å². The molecule has 0 aromatic carbocycles. The number of thiophene rings is 1. The second kappa shape index (κ2) is 10.3. The number of sulfonamides is 1. The highest BCUT2D eigenvalue weighted by Gasteiger charge is 2.22. The molecule has 160 valence electrons. The van der Waals surface area contributed by atoms with E-state index in [1.165, 1.54) is 11.3 Å². The third-order valence-electron chi connectivity index (χ3n) is 3.76. The van der Waals surface area contributed by atoms with E-state index in [1.54, 1.807) is 12.1 Å². The van der Waals surface area contributed by atoms with Gasteiger partial charge in [0.15, 0.2) is 5.96 Å². The standard InChI is InChI=1S/C16H23N5O6S2/c1-29(26,27)21-11(15(24)25)9-19-14(23)12-5-3-10(28-12)4-6-13(22)20-16-17-7-2-8-18-16/h3,5,11,21H,2,4,6-9H2,1H3,(H,19,23)(H,24,25)(H2,17,18,20,22). The van der Waals surface area contributed by atoms with Crippen molar-refractivity contribution in [3.05, 3.63) is 21.9 Å². The second-order valence-electron chi connectivity index (χ2n) is 6.32. The predicted molar refractivity (Wildman–Crippen MR) is 107 cm³/mol. The minimum Gasteiger partial charge on any atom is -0.480 e. The molecule has 0 radical (unpaired) electrons. The van der Waals surface area contributed by atoms with E-state index in [0.717, 1.165) is 24.1 Å². The number of hydrogen-bond acceptors (Lipinski definition) is 8. The van der Waals surface area contributed by atoms with E-state index < -0.39 is 34.5 Å². The van der Waals surface area contributed by atoms with Crippen LogP contribution in [0.25, 0.3) is 0 Å². The molecule has 5 N–H and O–H groups in total. The molecular weight excluding hydrogens is 422 g/mol. The lowest BCUT2D eigenvalue weighted by Crippen LogP contribution is -2.47. The van der Waals surface area contributed by atoms with Crippen molar-refractivity contribution in [1.82, 2.24) is 20.7 Å². The Hall–Kier alpha value is -2.51. The van der Waals surface area contributed by atoms with Crippen molar-refractivity contribution in [2.75, 3.05) is 25.9 Å². The minimum absolute atomic E-state index is 0.186. The van der Waals surface area contributed by atoms with E-state index in [4.69, 9.17) is 5.11 Å². The molecular formula is C16H23N5O6S2. The summed E-state index contributed by atoms with van der Waals surface area (Å²) in [6, 6.07) is 1.82. The fourth-order valence-electron chi connectivity index (χ4n) is 2.40. The maximum absolute atomic E-state index is 12.2. The van der Waals surface area contributed by atoms with E-state index in [9.17, 15) is 22.8 Å². The van der Waals surface area contributed by atoms with Crippen LogP contribution < -0.4 is 20.7 Å². The van der Waals surface area contributed by atoms with Crippen molar-refractivity contribution in [2.45, 2.75) is 25.3 Å². The zero-order valence-corrected chi connectivity index (χ0v) is 17.4. The molecule has 2 heterocycles. The van der Waals surface area contributed by atoms with Crippen molar-refractivity contribution in [1.29, 1.82) is 0 Å². The Morgan fingerprint density at radius 2 is 2.10 bits per heavy atom. The van der Waals surface area contributed by atoms with Crippen LogP contribution in [0, 0.1) is 0 Å². The van der Waals surface area contributed by atoms with Crippen LogP contribution in [-0.4, -0.2) is 69.2 Å². The van der Waals surface area contributed by atoms with Crippen LogP contribution >= 0.6 is 11.3 Å². The van der Waals surface area contributed by atoms with Gasteiger partial charge in [-0.15, -0.1) is 11.3 Å². The number of carboxylic acid groups (broad SMARTS) is 1. The molecule has 1 aliphatic heterocycles. The van der Waals surface area contributed by atoms with Gasteiger partial charge >= 0.3 is 5.97 Å². The fourth-order valence-corrected chi connectivity index (χ4v) is 4.03. The normalized spacial score (nSPS) is 15.0. The SMILES string of the molecule is CS(=O)(=O)NC(CNC(=O)c1ccc(CCC(=O)NC2=NCCCN2)s1)C(=O)O. The number of nitrogens with zero attached hydrogens (tertiary/aromatic N) is 1. The van der Waals surface area contributed by atoms with Gasteiger partial charge in [-0.1, -0.05) is 0 Å². The average molecular weight is 446 g/mol. The third-order valence-corrected chi connectivity index (χ3v) is 5.62. The second-order valence-corrected chi connectivity index (χ2v) is 9.26. The summed E-state index contributed by atoms with van der Waals surface area (Å²) < 4.78 is 24.3. The van der Waals surface area contributed by atoms with E-state index in [2.05, 4.69) is 20.9 Å². The summed E-state index contributed by atoms with van der Waals surface area (Å²) in [6.07, 6.45) is 2.42. The highest BCUT2D eigenvalue weighted by molar-refractivity contribution is 7.88. The Morgan fingerprint density at radius 3 is 2.72 bits per heavy atom. The molecule has 1 unspecified atom stereocenters. The van der Waals surface area contributed by atoms with Crippen LogP contribution in [0.1, 0.15) is 27.4 Å². The van der Waals surface area contributed by atoms with Crippen molar-refractivity contribution >= 4 is 45.1 Å². The van der Waals surface area contributed by atoms with Crippen LogP contribution in [0.15, 0.2) is 17.1 Å². The van der Waals surface area contributed by atoms with E-state index in [-0.39, 0.29) is 12.3 Å². The zero-order valence-electron chi connectivity index (χ0n) is 15.7. The van der Waals surface area contributed by atoms with E-state index >= 15 is 0 Å². The zero-order chi connectivity index (χ0) is 21.4. The molecule has 1 aliphatic rings. The molecule has 13 heteroatoms. The minimum atomic E-state index is -3.73. The topological polar surface area (TPSA) is 166 Å². The smallest absolute Gasteiger partial charge is 0.323 e. The van der Waals surface area contributed by atoms with Crippen LogP contribution in [-0.2, 0) is 26.0 Å². The summed E-state index contributed by atoms with van der Waals surface area (Å²) in [7, 11) is -3.73. The molecule has 0 bridgehead atoms. The summed E-state index contributed by atoms with van der Waals surface area (Å²) in [4.78, 5) is 40.5. The summed E-state index contributed by atoms with van der Waals surface area (Å²) in [5.74, 6) is -1.63. The molecule has 0 fully saturated rings. The number of guanidine groups is 1. The van der Waals surface area contributed by atoms with E-state index in [1.807, 2.05) is 4.72 Å². The lowest BCUT2D eigenvalue weighted by Gasteiger charge is -2.14. The fraction of sp³-hybridized carbons (Fsp3) is 0.500. The van der Waals surface area contributed by atoms with Crippen LogP contribution in [0.3, 0.4) is 0 Å². The predicted octanol–water partition coefficient (Wildman–Crippen LogP) is -1.12. The summed E-state index contributed by atoms with van der Waals surface area (Å²) >= 11 is 1.18. The molecule has 11 nitrogen and oxygen atoms in total. The number of aliphatic imine (C=N–C) groups is 1. The van der Waals surface area contributed by atoms with Gasteiger partial charge in [0, 0.05) is 30.9 Å². The highest BCUT2D eigenvalue weighted by atomic mass is 32.2. The molecule has 0 saturated carbocycles. The van der Waals surface area contributed by atoms with Gasteiger partial charge < -0.3 is 15.7 Å². The van der Waals surface area contributed by atoms with Crippen molar-refractivity contribution < 1.29 is 27.9 Å². The quantitative estimate of drug-likeness (QED) is 0.321. The molecule has 0 spiro atoms. The maximum Gasteiger partial charge on any atom is 0.323 e. The summed E-state index contributed by atoms with van der Waals surface area (Å²) in [5, 5.41) is 17.1. The largest absolute Gasteiger partial charge is 0.480 e. The number of nitrogens with one attached hydrogen (secondary N) is 4. The molecule has 1 aromatic heterocycles. The monoisotopic (exact) mass is 445 g/mol. The molecule has 2 rings (SSSR count). The van der Waals surface area contributed by atoms with Gasteiger partial charge in [-0.05, 0) is 25.0 Å². The summed E-state index contributed by atoms with van der Waals surface area (Å²) in [6.45, 7) is 1.05. The summed E-state index contributed by atoms with van der Waals surface area (Å²) in [5.41, 5.74) is 0. The first-order valence-electron chi connectivity index (χ1n) is 8.79. The Balaban J connectivity index is 1.82. The molecule has 2 amide bonds. The highest BCUT2D eigenvalue weighted by Crippen LogP contribution is 2.18. The first-order valence-corrected chi connectivity index (χ1v) is 11.5. The number of aliphatic carboxylic acids is 1. The molecule has 1 aromatic rings. The Kier molecular flexibility index (Phi) is 8.10. The molecule has 29 heavy (non-hydrogen) atoms. The molecule has 0 aliphatic carbocycles. The van der Waals surface area contributed by atoms with Gasteiger partial charge in [-0.3, -0.25) is 24.7 Å². The van der Waals surface area contributed by atoms with Gasteiger partial charge in [0.1, 0.15) is 6.04 Å². The average Bonchev–Trinajstić information content (AvgIpc) is 3.12. The van der Waals surface area contributed by atoms with Crippen molar-refractivity contribution in [3.63, 3.8) is 0 Å². The number of carboxylic acids is 1. The third kappa shape index (κ3) is 8.17. The van der Waals surface area contributed by atoms with Gasteiger partial charge in [0.05, 0.1) is 11.1 Å². The number of rotatable bonds is 9. The lowest BCUT2D eigenvalue weighted by molar-refractivity contribution is -0.138. The Bertz CT molecular complexity index is 895. The maximum atomic E-state index is 12.2. The van der Waals surface area contributed by atoms with Gasteiger partial charge in [0.25, 0.3) is 5.91 Å². The number of amides is 2. The first-order chi connectivity index (χ1) is 13.6. The molecule has 1 atom stereocenters. The number of aryl methyl sites for hydroxylation is 1. The van der Waals surface area contributed by atoms with E-state index in [0.29, 0.717) is 23.8 Å². The van der Waals surface area contributed by atoms with Crippen molar-refractivity contribution in [2.24, 2.45) is 4.99 Å². The Morgan fingerprint density at radius 1 is 1.34 bits per heavy atom. The number of carbonyl (C=O) groups is 3. The first kappa shape index (κ1) is 22.8. The molecule has 0 saturated heterocycles. The van der Waals surface area contributed by atoms with Gasteiger partial charge in [-0.25, -0.2) is 8.42 Å². The van der Waals surface area contributed by atoms with Crippen LogP contribution in [0.2, 0.25) is 0 Å². The van der Waals surface area contributed by atoms with Crippen LogP contribution in [0.4, 0.5) is 0 Å². The Labute approximate surface area is 172 Å². The van der Waals surface area contributed by atoms with Crippen molar-refractivity contribution in [3.8, 4) is 0 Å². The number of hydrogen-bond donors (Lipinski definition) is 5. The van der Waals surface area contributed by atoms with Crippen LogP contribution in [0.5, 0.6) is 0 Å². The number of carbonyl (C=O) groups excluding carboxylic acids is 2.